The number of anilines is 3. The minimum atomic E-state index is -0.464. The predicted molar refractivity (Wildman–Crippen MR) is 227 cm³/mol. The second-order valence-corrected chi connectivity index (χ2v) is 14.8. The van der Waals surface area contributed by atoms with Crippen molar-refractivity contribution in [1.29, 1.82) is 0 Å². The Bertz CT molecular complexity index is 3000. The van der Waals surface area contributed by atoms with Crippen LogP contribution in [0, 0.1) is 0 Å². The fourth-order valence-electron chi connectivity index (χ4n) is 9.62. The third-order valence-corrected chi connectivity index (χ3v) is 11.9. The molecule has 0 atom stereocenters. The van der Waals surface area contributed by atoms with Gasteiger partial charge in [0.1, 0.15) is 0 Å². The summed E-state index contributed by atoms with van der Waals surface area (Å²) in [5.41, 5.74) is 14.8. The Morgan fingerprint density at radius 2 is 0.929 bits per heavy atom. The van der Waals surface area contributed by atoms with Gasteiger partial charge in [-0.15, -0.1) is 0 Å². The van der Waals surface area contributed by atoms with Gasteiger partial charge in [-0.1, -0.05) is 158 Å². The van der Waals surface area contributed by atoms with Gasteiger partial charge in [0.25, 0.3) is 0 Å². The van der Waals surface area contributed by atoms with E-state index in [1.54, 1.807) is 0 Å². The van der Waals surface area contributed by atoms with Crippen LogP contribution in [0.2, 0.25) is 0 Å². The Morgan fingerprint density at radius 1 is 0.357 bits per heavy atom. The number of benzene rings is 9. The van der Waals surface area contributed by atoms with Crippen LogP contribution in [0.25, 0.3) is 44.2 Å². The molecule has 0 N–H and O–H groups in total. The first-order valence-electron chi connectivity index (χ1n) is 19.2. The lowest BCUT2D eigenvalue weighted by molar-refractivity contribution is 0.360. The van der Waals surface area contributed by atoms with Crippen molar-refractivity contribution in [2.75, 3.05) is 4.90 Å². The van der Waals surface area contributed by atoms with E-state index in [-0.39, 0.29) is 0 Å². The van der Waals surface area contributed by atoms with Crippen LogP contribution in [-0.2, 0) is 5.41 Å². The van der Waals surface area contributed by atoms with Crippen molar-refractivity contribution < 1.29 is 9.47 Å². The summed E-state index contributed by atoms with van der Waals surface area (Å²) in [4.78, 5) is 2.31. The molecule has 3 nitrogen and oxygen atoms in total. The number of ether oxygens (including phenoxy) is 2. The van der Waals surface area contributed by atoms with Crippen LogP contribution in [0.5, 0.6) is 23.0 Å². The Morgan fingerprint density at radius 3 is 1.70 bits per heavy atom. The quantitative estimate of drug-likeness (QED) is 0.181. The van der Waals surface area contributed by atoms with Crippen molar-refractivity contribution in [2.24, 2.45) is 0 Å². The van der Waals surface area contributed by atoms with Gasteiger partial charge in [0, 0.05) is 11.1 Å². The number of nitrogens with zero attached hydrogens (tertiary/aromatic N) is 1. The number of rotatable bonds is 4. The summed E-state index contributed by atoms with van der Waals surface area (Å²) in [7, 11) is 0. The average molecular weight is 716 g/mol. The standard InChI is InChI=1S/C53H33NO2/c1-2-15-34(16-3-1)36-19-12-20-37(31-36)54(47-28-13-18-35-17-4-5-21-38(35)47)48-29-14-30-49-52(48)56-50-32-42-41-24-8-11-27-45(41)53(46(42)33-51(50)55-49)43-25-9-6-22-39(43)40-23-7-10-26-44(40)53/h1-33H. The Labute approximate surface area is 325 Å². The second kappa shape index (κ2) is 11.8. The highest BCUT2D eigenvalue weighted by Gasteiger charge is 2.52. The van der Waals surface area contributed by atoms with Gasteiger partial charge >= 0.3 is 0 Å². The Balaban J connectivity index is 1.05. The molecule has 2 aliphatic carbocycles. The highest BCUT2D eigenvalue weighted by atomic mass is 16.6. The second-order valence-electron chi connectivity index (χ2n) is 14.8. The van der Waals surface area contributed by atoms with Crippen molar-refractivity contribution in [1.82, 2.24) is 0 Å². The van der Waals surface area contributed by atoms with Crippen LogP contribution in [0.15, 0.2) is 200 Å². The van der Waals surface area contributed by atoms with Gasteiger partial charge in [0.15, 0.2) is 23.0 Å². The molecule has 3 heteroatoms. The van der Waals surface area contributed by atoms with E-state index in [1.807, 2.05) is 6.07 Å². The molecule has 56 heavy (non-hydrogen) atoms. The zero-order valence-electron chi connectivity index (χ0n) is 30.3. The summed E-state index contributed by atoms with van der Waals surface area (Å²) in [6, 6.07) is 71.6. The highest BCUT2D eigenvalue weighted by molar-refractivity contribution is 6.01. The normalized spacial score (nSPS) is 13.4. The molecule has 1 heterocycles. The molecule has 0 unspecified atom stereocenters. The summed E-state index contributed by atoms with van der Waals surface area (Å²) < 4.78 is 14.1. The van der Waals surface area contributed by atoms with E-state index in [0.29, 0.717) is 23.0 Å². The molecule has 0 radical (unpaired) electrons. The molecule has 9 aromatic rings. The molecular formula is C53H33NO2. The molecule has 0 saturated heterocycles. The lowest BCUT2D eigenvalue weighted by atomic mass is 9.70. The van der Waals surface area contributed by atoms with Crippen molar-refractivity contribution in [3.05, 3.63) is 222 Å². The van der Waals surface area contributed by atoms with Gasteiger partial charge in [-0.25, -0.2) is 0 Å². The van der Waals surface area contributed by atoms with E-state index < -0.39 is 5.41 Å². The first-order valence-corrected chi connectivity index (χ1v) is 19.2. The van der Waals surface area contributed by atoms with Gasteiger partial charge in [-0.2, -0.15) is 0 Å². The summed E-state index contributed by atoms with van der Waals surface area (Å²) in [6.45, 7) is 0. The van der Waals surface area contributed by atoms with Crippen molar-refractivity contribution in [2.45, 2.75) is 5.41 Å². The molecule has 9 aromatic carbocycles. The number of hydrogen-bond acceptors (Lipinski definition) is 3. The monoisotopic (exact) mass is 715 g/mol. The largest absolute Gasteiger partial charge is 0.449 e. The van der Waals surface area contributed by atoms with E-state index in [9.17, 15) is 0 Å². The molecule has 0 amide bonds. The SMILES string of the molecule is c1ccc(-c2cccc(N(c3cccc4c3Oc3cc5c(cc3O4)C3(c4ccccc4-c4ccccc43)c3ccccc3-5)c3cccc4ccccc34)c2)cc1. The summed E-state index contributed by atoms with van der Waals surface area (Å²) in [5, 5.41) is 2.31. The van der Waals surface area contributed by atoms with Gasteiger partial charge in [-0.05, 0) is 103 Å². The Hall–Kier alpha value is -7.36. The van der Waals surface area contributed by atoms with Gasteiger partial charge < -0.3 is 14.4 Å². The van der Waals surface area contributed by atoms with E-state index in [1.165, 1.54) is 44.3 Å². The average Bonchev–Trinajstić information content (AvgIpc) is 3.72. The fraction of sp³-hybridized carbons (Fsp3) is 0.0189. The number of fused-ring (bicyclic) bond motifs is 13. The van der Waals surface area contributed by atoms with E-state index in [4.69, 9.17) is 9.47 Å². The fourth-order valence-corrected chi connectivity index (χ4v) is 9.62. The third-order valence-electron chi connectivity index (χ3n) is 11.9. The molecule has 0 saturated carbocycles. The van der Waals surface area contributed by atoms with Crippen LogP contribution in [0.1, 0.15) is 22.3 Å². The van der Waals surface area contributed by atoms with Crippen molar-refractivity contribution >= 4 is 27.8 Å². The summed E-state index contributed by atoms with van der Waals surface area (Å²) in [5.74, 6) is 2.77. The highest BCUT2D eigenvalue weighted by Crippen LogP contribution is 2.65. The van der Waals surface area contributed by atoms with E-state index in [0.717, 1.165) is 39.1 Å². The zero-order valence-corrected chi connectivity index (χ0v) is 30.3. The summed E-state index contributed by atoms with van der Waals surface area (Å²) >= 11 is 0. The molecule has 3 aliphatic rings. The minimum absolute atomic E-state index is 0.464. The van der Waals surface area contributed by atoms with Crippen LogP contribution < -0.4 is 14.4 Å². The number of hydrogen-bond donors (Lipinski definition) is 0. The molecule has 262 valence electrons. The molecule has 0 bridgehead atoms. The maximum atomic E-state index is 7.12. The van der Waals surface area contributed by atoms with Crippen LogP contribution in [-0.4, -0.2) is 0 Å². The van der Waals surface area contributed by atoms with Crippen LogP contribution >= 0.6 is 0 Å². The first kappa shape index (κ1) is 31.0. The van der Waals surface area contributed by atoms with Crippen molar-refractivity contribution in [3.8, 4) is 56.4 Å². The van der Waals surface area contributed by atoms with E-state index in [2.05, 4.69) is 199 Å². The van der Waals surface area contributed by atoms with Crippen LogP contribution in [0.3, 0.4) is 0 Å². The zero-order chi connectivity index (χ0) is 36.8. The lowest BCUT2D eigenvalue weighted by Gasteiger charge is -2.33. The maximum Gasteiger partial charge on any atom is 0.194 e. The van der Waals surface area contributed by atoms with Crippen LogP contribution in [0.4, 0.5) is 17.1 Å². The first-order chi connectivity index (χ1) is 27.8. The molecule has 0 aromatic heterocycles. The molecule has 1 spiro atoms. The number of para-hydroxylation sites is 1. The molecule has 0 fully saturated rings. The molecular weight excluding hydrogens is 683 g/mol. The minimum Gasteiger partial charge on any atom is -0.449 e. The van der Waals surface area contributed by atoms with Gasteiger partial charge in [0.2, 0.25) is 0 Å². The van der Waals surface area contributed by atoms with E-state index >= 15 is 0 Å². The lowest BCUT2D eigenvalue weighted by Crippen LogP contribution is -2.25. The maximum absolute atomic E-state index is 7.12. The topological polar surface area (TPSA) is 21.7 Å². The summed E-state index contributed by atoms with van der Waals surface area (Å²) in [6.07, 6.45) is 0. The van der Waals surface area contributed by atoms with Crippen molar-refractivity contribution in [3.63, 3.8) is 0 Å². The third kappa shape index (κ3) is 4.28. The molecule has 12 rings (SSSR count). The Kier molecular flexibility index (Phi) is 6.55. The molecule has 1 aliphatic heterocycles. The van der Waals surface area contributed by atoms with Gasteiger partial charge in [0.05, 0.1) is 16.8 Å². The predicted octanol–water partition coefficient (Wildman–Crippen LogP) is 14.2. The smallest absolute Gasteiger partial charge is 0.194 e. The van der Waals surface area contributed by atoms with Gasteiger partial charge in [-0.3, -0.25) is 0 Å².